The quantitative estimate of drug-likeness (QED) is 0.570. The Labute approximate surface area is 57.9 Å². The molecule has 0 bridgehead atoms. The maximum Gasteiger partial charge on any atom is 0.0403 e. The second-order valence-corrected chi connectivity index (χ2v) is 2.23. The molecule has 0 aliphatic heterocycles. The monoisotopic (exact) mass is 173 g/mol. The highest BCUT2D eigenvalue weighted by atomic mass is 79.9. The van der Waals surface area contributed by atoms with Crippen LogP contribution in [-0.2, 0) is 0 Å². The first-order valence-corrected chi connectivity index (χ1v) is 3.05. The fourth-order valence-electron chi connectivity index (χ4n) is 0.210. The molecule has 0 aliphatic rings. The minimum atomic E-state index is 0.788. The summed E-state index contributed by atoms with van der Waals surface area (Å²) in [5.74, 6) is 0. The van der Waals surface area contributed by atoms with Crippen molar-refractivity contribution in [2.45, 2.75) is 6.92 Å². The highest BCUT2D eigenvalue weighted by Crippen LogP contribution is 1.94. The molecule has 0 rings (SSSR count). The molecule has 0 aliphatic carbocycles. The zero-order valence-electron chi connectivity index (χ0n) is 4.76. The van der Waals surface area contributed by atoms with Crippen LogP contribution >= 0.6 is 15.9 Å². The molecule has 0 aromatic carbocycles. The van der Waals surface area contributed by atoms with Crippen LogP contribution in [0.25, 0.3) is 0 Å². The lowest BCUT2D eigenvalue weighted by atomic mass is 10.7. The van der Waals surface area contributed by atoms with Crippen molar-refractivity contribution in [2.24, 2.45) is 4.99 Å². The number of hydrogen-bond donors (Lipinski definition) is 0. The van der Waals surface area contributed by atoms with Crippen molar-refractivity contribution < 1.29 is 0 Å². The molecule has 44 valence electrons. The Kier molecular flexibility index (Phi) is 4.56. The molecule has 0 saturated heterocycles. The fraction of sp³-hybridized carbons (Fsp3) is 0.167. The number of halogens is 1. The van der Waals surface area contributed by atoms with Crippen molar-refractivity contribution in [1.29, 1.82) is 0 Å². The van der Waals surface area contributed by atoms with E-state index in [9.17, 15) is 0 Å². The first-order chi connectivity index (χ1) is 3.77. The van der Waals surface area contributed by atoms with E-state index in [4.69, 9.17) is 0 Å². The summed E-state index contributed by atoms with van der Waals surface area (Å²) in [5.41, 5.74) is 0. The molecule has 0 heterocycles. The molecule has 0 fully saturated rings. The predicted molar refractivity (Wildman–Crippen MR) is 41.4 cm³/mol. The number of aliphatic imine (C=N–C) groups is 1. The molecule has 0 atom stereocenters. The molecular weight excluding hydrogens is 166 g/mol. The smallest absolute Gasteiger partial charge is 0.0403 e. The van der Waals surface area contributed by atoms with E-state index in [1.54, 1.807) is 12.4 Å². The lowest BCUT2D eigenvalue weighted by Crippen LogP contribution is -1.63. The third-order valence-corrected chi connectivity index (χ3v) is 0.655. The van der Waals surface area contributed by atoms with Gasteiger partial charge in [0.2, 0.25) is 0 Å². The Morgan fingerprint density at radius 1 is 1.75 bits per heavy atom. The van der Waals surface area contributed by atoms with E-state index >= 15 is 0 Å². The Balaban J connectivity index is 3.50. The van der Waals surface area contributed by atoms with Gasteiger partial charge in [0.15, 0.2) is 0 Å². The average Bonchev–Trinajstić information content (AvgIpc) is 1.66. The van der Waals surface area contributed by atoms with Crippen molar-refractivity contribution in [3.63, 3.8) is 0 Å². The zero-order chi connectivity index (χ0) is 6.41. The fourth-order valence-corrected chi connectivity index (χ4v) is 0.328. The van der Waals surface area contributed by atoms with E-state index in [1.807, 2.05) is 13.0 Å². The highest BCUT2D eigenvalue weighted by Gasteiger charge is 1.70. The Morgan fingerprint density at radius 3 is 2.75 bits per heavy atom. The number of rotatable bonds is 2. The Bertz CT molecular complexity index is 124. The van der Waals surface area contributed by atoms with Crippen molar-refractivity contribution >= 4 is 22.1 Å². The van der Waals surface area contributed by atoms with Gasteiger partial charge in [0.25, 0.3) is 0 Å². The van der Waals surface area contributed by atoms with Gasteiger partial charge in [-0.1, -0.05) is 12.7 Å². The van der Waals surface area contributed by atoms with Gasteiger partial charge in [0, 0.05) is 16.9 Å². The summed E-state index contributed by atoms with van der Waals surface area (Å²) in [6, 6.07) is 0. The van der Waals surface area contributed by atoms with Gasteiger partial charge >= 0.3 is 0 Å². The Morgan fingerprint density at radius 2 is 2.38 bits per heavy atom. The van der Waals surface area contributed by atoms with Gasteiger partial charge in [-0.15, -0.1) is 0 Å². The van der Waals surface area contributed by atoms with E-state index in [0.29, 0.717) is 0 Å². The van der Waals surface area contributed by atoms with Gasteiger partial charge in [-0.2, -0.15) is 0 Å². The molecule has 0 aromatic rings. The second-order valence-electron chi connectivity index (χ2n) is 1.21. The summed E-state index contributed by atoms with van der Waals surface area (Å²) >= 11 is 3.13. The third-order valence-electron chi connectivity index (χ3n) is 0.450. The molecule has 0 aromatic heterocycles. The average molecular weight is 174 g/mol. The SMILES string of the molecule is C=C(Br)/C=N\C=C/C. The van der Waals surface area contributed by atoms with Gasteiger partial charge in [-0.05, 0) is 22.9 Å². The maximum atomic E-state index is 3.84. The first kappa shape index (κ1) is 7.63. The zero-order valence-corrected chi connectivity index (χ0v) is 6.35. The number of hydrogen-bond acceptors (Lipinski definition) is 1. The van der Waals surface area contributed by atoms with Crippen LogP contribution in [-0.4, -0.2) is 6.21 Å². The standard InChI is InChI=1S/C6H8BrN/c1-3-4-8-5-6(2)7/h3-5H,2H2,1H3/b4-3-,8-5-. The van der Waals surface area contributed by atoms with Gasteiger partial charge in [-0.25, -0.2) is 0 Å². The summed E-state index contributed by atoms with van der Waals surface area (Å²) in [7, 11) is 0. The van der Waals surface area contributed by atoms with E-state index in [1.165, 1.54) is 0 Å². The van der Waals surface area contributed by atoms with Crippen LogP contribution in [0.1, 0.15) is 6.92 Å². The van der Waals surface area contributed by atoms with Crippen LogP contribution in [0, 0.1) is 0 Å². The summed E-state index contributed by atoms with van der Waals surface area (Å²) in [6.07, 6.45) is 5.19. The van der Waals surface area contributed by atoms with E-state index in [2.05, 4.69) is 27.5 Å². The van der Waals surface area contributed by atoms with E-state index < -0.39 is 0 Å². The summed E-state index contributed by atoms with van der Waals surface area (Å²) in [4.78, 5) is 3.84. The largest absolute Gasteiger partial charge is 0.264 e. The number of nitrogens with zero attached hydrogens (tertiary/aromatic N) is 1. The van der Waals surface area contributed by atoms with Gasteiger partial charge < -0.3 is 0 Å². The van der Waals surface area contributed by atoms with E-state index in [-0.39, 0.29) is 0 Å². The van der Waals surface area contributed by atoms with Crippen molar-refractivity contribution in [2.75, 3.05) is 0 Å². The predicted octanol–water partition coefficient (Wildman–Crippen LogP) is 2.50. The van der Waals surface area contributed by atoms with Crippen LogP contribution in [0.5, 0.6) is 0 Å². The molecule has 0 saturated carbocycles. The summed E-state index contributed by atoms with van der Waals surface area (Å²) < 4.78 is 0.788. The molecule has 0 radical (unpaired) electrons. The van der Waals surface area contributed by atoms with Crippen molar-refractivity contribution in [1.82, 2.24) is 0 Å². The first-order valence-electron chi connectivity index (χ1n) is 2.26. The van der Waals surface area contributed by atoms with E-state index in [0.717, 1.165) is 4.48 Å². The molecule has 2 heteroatoms. The summed E-state index contributed by atoms with van der Waals surface area (Å²) in [5, 5.41) is 0. The molecule has 1 nitrogen and oxygen atoms in total. The molecule has 0 amide bonds. The minimum Gasteiger partial charge on any atom is -0.264 e. The summed E-state index contributed by atoms with van der Waals surface area (Å²) in [6.45, 7) is 5.47. The third kappa shape index (κ3) is 5.63. The van der Waals surface area contributed by atoms with Gasteiger partial charge in [0.1, 0.15) is 0 Å². The lowest BCUT2D eigenvalue weighted by Gasteiger charge is -1.75. The molecule has 0 N–H and O–H groups in total. The van der Waals surface area contributed by atoms with Gasteiger partial charge in [0.05, 0.1) is 0 Å². The molecule has 0 spiro atoms. The Hall–Kier alpha value is -0.370. The van der Waals surface area contributed by atoms with Crippen LogP contribution in [0.15, 0.2) is 28.3 Å². The van der Waals surface area contributed by atoms with Gasteiger partial charge in [-0.3, -0.25) is 4.99 Å². The maximum absolute atomic E-state index is 3.84. The second kappa shape index (κ2) is 4.78. The normalized spacial score (nSPS) is 11.2. The van der Waals surface area contributed by atoms with Crippen LogP contribution in [0.2, 0.25) is 0 Å². The van der Waals surface area contributed by atoms with Crippen LogP contribution in [0.4, 0.5) is 0 Å². The molecule has 8 heavy (non-hydrogen) atoms. The topological polar surface area (TPSA) is 12.4 Å². The molecule has 0 unspecified atom stereocenters. The highest BCUT2D eigenvalue weighted by molar-refractivity contribution is 9.12. The lowest BCUT2D eigenvalue weighted by molar-refractivity contribution is 1.55. The van der Waals surface area contributed by atoms with Crippen LogP contribution in [0.3, 0.4) is 0 Å². The van der Waals surface area contributed by atoms with Crippen molar-refractivity contribution in [3.8, 4) is 0 Å². The van der Waals surface area contributed by atoms with Crippen molar-refractivity contribution in [3.05, 3.63) is 23.3 Å². The number of allylic oxidation sites excluding steroid dienone is 2. The molecular formula is C6H8BrN. The minimum absolute atomic E-state index is 0.788. The van der Waals surface area contributed by atoms with Crippen LogP contribution < -0.4 is 0 Å².